The van der Waals surface area contributed by atoms with Gasteiger partial charge in [-0.05, 0) is 12.8 Å². The maximum absolute atomic E-state index is 2.29. The van der Waals surface area contributed by atoms with Crippen LogP contribution in [0.1, 0.15) is 77.6 Å². The van der Waals surface area contributed by atoms with Gasteiger partial charge in [0.15, 0.2) is 0 Å². The number of nitrogens with zero attached hydrogens (tertiary/aromatic N) is 1. The first-order valence-corrected chi connectivity index (χ1v) is 7.86. The Bertz CT molecular complexity index is 146. The van der Waals surface area contributed by atoms with Crippen LogP contribution in [0.3, 0.4) is 0 Å². The third kappa shape index (κ3) is 16.0. The van der Waals surface area contributed by atoms with E-state index >= 15 is 0 Å². The summed E-state index contributed by atoms with van der Waals surface area (Å²) in [6, 6.07) is 0. The summed E-state index contributed by atoms with van der Waals surface area (Å²) in [6.07, 6.45) is 15.9. The Hall–Kier alpha value is -0.0400. The summed E-state index contributed by atoms with van der Waals surface area (Å²) in [5.74, 6) is 0. The molecule has 0 spiro atoms. The van der Waals surface area contributed by atoms with Crippen LogP contribution >= 0.6 is 0 Å². The van der Waals surface area contributed by atoms with Crippen molar-refractivity contribution in [2.75, 3.05) is 27.7 Å². The first kappa shape index (κ1) is 17.0. The zero-order valence-electron chi connectivity index (χ0n) is 12.9. The van der Waals surface area contributed by atoms with Gasteiger partial charge in [0.05, 0.1) is 27.7 Å². The van der Waals surface area contributed by atoms with Crippen molar-refractivity contribution in [1.29, 1.82) is 0 Å². The highest BCUT2D eigenvalue weighted by Crippen LogP contribution is 2.11. The summed E-state index contributed by atoms with van der Waals surface area (Å²) in [7, 11) is 6.86. The van der Waals surface area contributed by atoms with Crippen molar-refractivity contribution in [2.45, 2.75) is 77.6 Å². The summed E-state index contributed by atoms with van der Waals surface area (Å²) >= 11 is 0. The Morgan fingerprint density at radius 2 is 0.882 bits per heavy atom. The van der Waals surface area contributed by atoms with E-state index in [4.69, 9.17) is 0 Å². The van der Waals surface area contributed by atoms with Gasteiger partial charge in [0, 0.05) is 0 Å². The highest BCUT2D eigenvalue weighted by Gasteiger charge is 2.04. The monoisotopic (exact) mass is 242 g/mol. The fourth-order valence-corrected chi connectivity index (χ4v) is 2.25. The summed E-state index contributed by atoms with van der Waals surface area (Å²) in [5.41, 5.74) is 0. The molecule has 104 valence electrons. The molecule has 0 saturated carbocycles. The number of rotatable bonds is 12. The van der Waals surface area contributed by atoms with Crippen LogP contribution in [-0.4, -0.2) is 32.2 Å². The Morgan fingerprint density at radius 1 is 0.529 bits per heavy atom. The molecule has 0 atom stereocenters. The summed E-state index contributed by atoms with van der Waals surface area (Å²) < 4.78 is 1.12. The predicted octanol–water partition coefficient (Wildman–Crippen LogP) is 5.00. The van der Waals surface area contributed by atoms with E-state index in [-0.39, 0.29) is 0 Å². The lowest BCUT2D eigenvalue weighted by Gasteiger charge is -2.23. The van der Waals surface area contributed by atoms with E-state index in [1.807, 2.05) is 0 Å². The van der Waals surface area contributed by atoms with Crippen LogP contribution in [0.4, 0.5) is 0 Å². The third-order valence-electron chi connectivity index (χ3n) is 3.43. The number of hydrogen-bond donors (Lipinski definition) is 0. The van der Waals surface area contributed by atoms with Crippen molar-refractivity contribution in [2.24, 2.45) is 0 Å². The quantitative estimate of drug-likeness (QED) is 0.333. The van der Waals surface area contributed by atoms with Crippen LogP contribution in [0.2, 0.25) is 0 Å². The molecule has 0 bridgehead atoms. The second-order valence-corrected chi connectivity index (χ2v) is 6.55. The van der Waals surface area contributed by atoms with Crippen LogP contribution < -0.4 is 0 Å². The second-order valence-electron chi connectivity index (χ2n) is 6.55. The van der Waals surface area contributed by atoms with Gasteiger partial charge in [-0.3, -0.25) is 0 Å². The molecule has 0 N–H and O–H groups in total. The van der Waals surface area contributed by atoms with Crippen LogP contribution in [0.25, 0.3) is 0 Å². The van der Waals surface area contributed by atoms with Gasteiger partial charge in [0.1, 0.15) is 0 Å². The molecule has 0 aromatic rings. The molecule has 0 unspecified atom stereocenters. The van der Waals surface area contributed by atoms with E-state index in [0.717, 1.165) is 4.48 Å². The standard InChI is InChI=1S/C16H36N/c1-5-6-7-8-9-10-11-12-13-14-15-16-17(2,3)4/h5-16H2,1-4H3/q+1. The predicted molar refractivity (Wildman–Crippen MR) is 79.4 cm³/mol. The maximum atomic E-state index is 2.29. The van der Waals surface area contributed by atoms with Crippen LogP contribution in [-0.2, 0) is 0 Å². The van der Waals surface area contributed by atoms with E-state index in [0.29, 0.717) is 0 Å². The highest BCUT2D eigenvalue weighted by atomic mass is 15.3. The molecule has 1 heteroatoms. The number of hydrogen-bond acceptors (Lipinski definition) is 0. The SMILES string of the molecule is CCCCCCCCCCCCC[N+](C)(C)C. The van der Waals surface area contributed by atoms with Crippen molar-refractivity contribution >= 4 is 0 Å². The van der Waals surface area contributed by atoms with Gasteiger partial charge in [-0.15, -0.1) is 0 Å². The Labute approximate surface area is 110 Å². The van der Waals surface area contributed by atoms with Gasteiger partial charge >= 0.3 is 0 Å². The molecular weight excluding hydrogens is 206 g/mol. The van der Waals surface area contributed by atoms with Crippen LogP contribution in [0, 0.1) is 0 Å². The molecule has 0 saturated heterocycles. The molecule has 0 aromatic heterocycles. The Kier molecular flexibility index (Phi) is 11.0. The molecule has 0 heterocycles. The fraction of sp³-hybridized carbons (Fsp3) is 1.00. The molecule has 1 nitrogen and oxygen atoms in total. The minimum atomic E-state index is 1.12. The normalized spacial score (nSPS) is 12.0. The third-order valence-corrected chi connectivity index (χ3v) is 3.43. The van der Waals surface area contributed by atoms with Gasteiger partial charge in [0.2, 0.25) is 0 Å². The highest BCUT2D eigenvalue weighted by molar-refractivity contribution is 4.47. The molecule has 0 aliphatic heterocycles. The van der Waals surface area contributed by atoms with E-state index in [1.54, 1.807) is 0 Å². The Morgan fingerprint density at radius 3 is 1.24 bits per heavy atom. The molecule has 0 aliphatic carbocycles. The number of unbranched alkanes of at least 4 members (excludes halogenated alkanes) is 10. The van der Waals surface area contributed by atoms with E-state index < -0.39 is 0 Å². The van der Waals surface area contributed by atoms with Crippen molar-refractivity contribution in [3.05, 3.63) is 0 Å². The first-order valence-electron chi connectivity index (χ1n) is 7.86. The zero-order chi connectivity index (χ0) is 13.0. The van der Waals surface area contributed by atoms with Crippen molar-refractivity contribution in [1.82, 2.24) is 0 Å². The van der Waals surface area contributed by atoms with Crippen molar-refractivity contribution < 1.29 is 4.48 Å². The lowest BCUT2D eigenvalue weighted by molar-refractivity contribution is -0.870. The molecule has 0 amide bonds. The summed E-state index contributed by atoms with van der Waals surface area (Å²) in [5, 5.41) is 0. The van der Waals surface area contributed by atoms with E-state index in [9.17, 15) is 0 Å². The molecular formula is C16H36N+. The lowest BCUT2D eigenvalue weighted by Crippen LogP contribution is -2.35. The van der Waals surface area contributed by atoms with Gasteiger partial charge in [-0.1, -0.05) is 64.7 Å². The number of quaternary nitrogens is 1. The van der Waals surface area contributed by atoms with Crippen LogP contribution in [0.5, 0.6) is 0 Å². The van der Waals surface area contributed by atoms with Gasteiger partial charge in [0.25, 0.3) is 0 Å². The molecule has 17 heavy (non-hydrogen) atoms. The molecule has 0 rings (SSSR count). The second kappa shape index (κ2) is 11.1. The van der Waals surface area contributed by atoms with Crippen LogP contribution in [0.15, 0.2) is 0 Å². The Balaban J connectivity index is 2.99. The summed E-state index contributed by atoms with van der Waals surface area (Å²) in [4.78, 5) is 0. The van der Waals surface area contributed by atoms with E-state index in [1.165, 1.54) is 77.2 Å². The van der Waals surface area contributed by atoms with Gasteiger partial charge in [-0.25, -0.2) is 0 Å². The average Bonchev–Trinajstić information content (AvgIpc) is 2.24. The smallest absolute Gasteiger partial charge is 0.0780 e. The fourth-order valence-electron chi connectivity index (χ4n) is 2.25. The molecule has 0 radical (unpaired) electrons. The van der Waals surface area contributed by atoms with Gasteiger partial charge in [-0.2, -0.15) is 0 Å². The largest absolute Gasteiger partial charge is 0.331 e. The molecule has 0 aromatic carbocycles. The lowest BCUT2D eigenvalue weighted by atomic mass is 10.1. The van der Waals surface area contributed by atoms with Crippen molar-refractivity contribution in [3.63, 3.8) is 0 Å². The first-order chi connectivity index (χ1) is 8.06. The maximum Gasteiger partial charge on any atom is 0.0780 e. The van der Waals surface area contributed by atoms with Crippen molar-refractivity contribution in [3.8, 4) is 0 Å². The topological polar surface area (TPSA) is 0 Å². The minimum absolute atomic E-state index is 1.12. The molecule has 0 fully saturated rings. The summed E-state index contributed by atoms with van der Waals surface area (Å²) in [6.45, 7) is 3.62. The minimum Gasteiger partial charge on any atom is -0.331 e. The van der Waals surface area contributed by atoms with Gasteiger partial charge < -0.3 is 4.48 Å². The van der Waals surface area contributed by atoms with E-state index in [2.05, 4.69) is 28.1 Å². The zero-order valence-corrected chi connectivity index (χ0v) is 12.9. The average molecular weight is 242 g/mol. The molecule has 0 aliphatic rings.